The zero-order chi connectivity index (χ0) is 21.0. The quantitative estimate of drug-likeness (QED) is 0.380. The van der Waals surface area contributed by atoms with Gasteiger partial charge in [-0.3, -0.25) is 9.69 Å². The lowest BCUT2D eigenvalue weighted by Crippen LogP contribution is -2.30. The van der Waals surface area contributed by atoms with Crippen molar-refractivity contribution >= 4 is 33.9 Å². The first-order valence-corrected chi connectivity index (χ1v) is 9.42. The molecule has 0 atom stereocenters. The van der Waals surface area contributed by atoms with Crippen LogP contribution in [0.4, 0.5) is 9.18 Å². The van der Waals surface area contributed by atoms with Crippen molar-refractivity contribution in [2.24, 2.45) is 0 Å². The summed E-state index contributed by atoms with van der Waals surface area (Å²) in [7, 11) is 1.50. The molecule has 0 saturated carbocycles. The number of halogens is 2. The number of rotatable bonds is 7. The molecule has 3 amide bonds. The second-order valence-corrected chi connectivity index (χ2v) is 7.00. The molecule has 1 fully saturated rings. The highest BCUT2D eigenvalue weighted by molar-refractivity contribution is 9.10. The van der Waals surface area contributed by atoms with E-state index in [0.717, 1.165) is 10.5 Å². The van der Waals surface area contributed by atoms with Gasteiger partial charge in [0.15, 0.2) is 11.5 Å². The molecule has 8 heteroatoms. The summed E-state index contributed by atoms with van der Waals surface area (Å²) in [6.45, 7) is 3.89. The van der Waals surface area contributed by atoms with E-state index < -0.39 is 11.9 Å². The highest BCUT2D eigenvalue weighted by atomic mass is 79.9. The van der Waals surface area contributed by atoms with E-state index in [2.05, 4.69) is 27.8 Å². The molecule has 1 saturated heterocycles. The minimum atomic E-state index is -0.494. The van der Waals surface area contributed by atoms with E-state index in [1.54, 1.807) is 30.3 Å². The average Bonchev–Trinajstić information content (AvgIpc) is 2.96. The minimum Gasteiger partial charge on any atom is -0.493 e. The fourth-order valence-corrected chi connectivity index (χ4v) is 3.31. The Labute approximate surface area is 175 Å². The first-order chi connectivity index (χ1) is 13.9. The maximum absolute atomic E-state index is 13.0. The normalized spacial score (nSPS) is 14.9. The Hall–Kier alpha value is -3.13. The van der Waals surface area contributed by atoms with Crippen LogP contribution in [0.15, 0.2) is 59.2 Å². The van der Waals surface area contributed by atoms with Crippen LogP contribution in [0.5, 0.6) is 11.5 Å². The van der Waals surface area contributed by atoms with Crippen molar-refractivity contribution in [3.8, 4) is 11.5 Å². The maximum atomic E-state index is 13.0. The number of benzene rings is 2. The van der Waals surface area contributed by atoms with E-state index in [1.807, 2.05) is 0 Å². The number of carbonyl (C=O) groups excluding carboxylic acids is 2. The molecule has 0 aliphatic carbocycles. The standard InChI is InChI=1S/C21H18BrFN2O4/c1-3-8-25-20(26)17(24-21(25)27)10-14-9-16(22)19(18(11-14)28-2)29-12-13-4-6-15(23)7-5-13/h3-7,9-11H,1,8,12H2,2H3,(H,24,27)/b17-10+. The van der Waals surface area contributed by atoms with Gasteiger partial charge < -0.3 is 14.8 Å². The van der Waals surface area contributed by atoms with Crippen molar-refractivity contribution in [2.75, 3.05) is 13.7 Å². The van der Waals surface area contributed by atoms with Gasteiger partial charge in [0.25, 0.3) is 5.91 Å². The summed E-state index contributed by atoms with van der Waals surface area (Å²) >= 11 is 3.45. The fourth-order valence-electron chi connectivity index (χ4n) is 2.73. The van der Waals surface area contributed by atoms with Gasteiger partial charge in [0.1, 0.15) is 18.1 Å². The van der Waals surface area contributed by atoms with E-state index in [9.17, 15) is 14.0 Å². The number of hydrogen-bond acceptors (Lipinski definition) is 4. The van der Waals surface area contributed by atoms with Crippen molar-refractivity contribution in [3.05, 3.63) is 76.2 Å². The molecule has 0 spiro atoms. The van der Waals surface area contributed by atoms with E-state index in [-0.39, 0.29) is 24.7 Å². The molecule has 0 aromatic heterocycles. The van der Waals surface area contributed by atoms with Crippen molar-refractivity contribution in [2.45, 2.75) is 6.61 Å². The number of imide groups is 1. The number of urea groups is 1. The van der Waals surface area contributed by atoms with E-state index in [1.165, 1.54) is 25.3 Å². The van der Waals surface area contributed by atoms with Crippen LogP contribution >= 0.6 is 15.9 Å². The third-order valence-electron chi connectivity index (χ3n) is 4.13. The predicted molar refractivity (Wildman–Crippen MR) is 110 cm³/mol. The molecule has 1 aliphatic heterocycles. The lowest BCUT2D eigenvalue weighted by Gasteiger charge is -2.14. The maximum Gasteiger partial charge on any atom is 0.329 e. The van der Waals surface area contributed by atoms with Gasteiger partial charge in [0.2, 0.25) is 0 Å². The van der Waals surface area contributed by atoms with Crippen molar-refractivity contribution in [3.63, 3.8) is 0 Å². The smallest absolute Gasteiger partial charge is 0.329 e. The third kappa shape index (κ3) is 4.65. The number of nitrogens with zero attached hydrogens (tertiary/aromatic N) is 1. The van der Waals surface area contributed by atoms with Gasteiger partial charge in [-0.05, 0) is 57.4 Å². The molecule has 1 N–H and O–H groups in total. The molecule has 1 aliphatic rings. The molecule has 0 radical (unpaired) electrons. The van der Waals surface area contributed by atoms with Crippen LogP contribution in [0.2, 0.25) is 0 Å². The molecular formula is C21H18BrFN2O4. The lowest BCUT2D eigenvalue weighted by molar-refractivity contribution is -0.122. The summed E-state index contributed by atoms with van der Waals surface area (Å²) in [6.07, 6.45) is 3.04. The van der Waals surface area contributed by atoms with Crippen molar-refractivity contribution < 1.29 is 23.5 Å². The summed E-state index contributed by atoms with van der Waals surface area (Å²) in [5, 5.41) is 2.54. The van der Waals surface area contributed by atoms with Gasteiger partial charge in [-0.15, -0.1) is 6.58 Å². The van der Waals surface area contributed by atoms with Crippen LogP contribution in [0.1, 0.15) is 11.1 Å². The summed E-state index contributed by atoms with van der Waals surface area (Å²) in [6, 6.07) is 8.94. The number of hydrogen-bond donors (Lipinski definition) is 1. The third-order valence-corrected chi connectivity index (χ3v) is 4.72. The molecule has 3 rings (SSSR count). The largest absolute Gasteiger partial charge is 0.493 e. The Balaban J connectivity index is 1.83. The lowest BCUT2D eigenvalue weighted by atomic mass is 10.1. The number of nitrogens with one attached hydrogen (secondary N) is 1. The van der Waals surface area contributed by atoms with Crippen LogP contribution in [0.3, 0.4) is 0 Å². The predicted octanol–water partition coefficient (Wildman–Crippen LogP) is 4.25. The van der Waals surface area contributed by atoms with Crippen LogP contribution in [0.25, 0.3) is 6.08 Å². The van der Waals surface area contributed by atoms with Crippen LogP contribution < -0.4 is 14.8 Å². The number of carbonyl (C=O) groups is 2. The Kier molecular flexibility index (Phi) is 6.33. The highest BCUT2D eigenvalue weighted by Gasteiger charge is 2.32. The summed E-state index contributed by atoms with van der Waals surface area (Å²) in [4.78, 5) is 25.3. The molecule has 1 heterocycles. The Bertz CT molecular complexity index is 989. The first kappa shape index (κ1) is 20.6. The van der Waals surface area contributed by atoms with E-state index in [4.69, 9.17) is 9.47 Å². The van der Waals surface area contributed by atoms with Gasteiger partial charge in [-0.25, -0.2) is 9.18 Å². The number of amides is 3. The molecule has 2 aromatic carbocycles. The van der Waals surface area contributed by atoms with Gasteiger partial charge in [0, 0.05) is 6.54 Å². The van der Waals surface area contributed by atoms with Gasteiger partial charge >= 0.3 is 6.03 Å². The topological polar surface area (TPSA) is 67.9 Å². The van der Waals surface area contributed by atoms with E-state index in [0.29, 0.717) is 21.5 Å². The Morgan fingerprint density at radius 3 is 2.62 bits per heavy atom. The summed E-state index contributed by atoms with van der Waals surface area (Å²) in [5.74, 6) is 0.161. The second kappa shape index (κ2) is 8.91. The molecule has 0 unspecified atom stereocenters. The van der Waals surface area contributed by atoms with Crippen LogP contribution in [-0.2, 0) is 11.4 Å². The highest BCUT2D eigenvalue weighted by Crippen LogP contribution is 2.38. The number of ether oxygens (including phenoxy) is 2. The first-order valence-electron chi connectivity index (χ1n) is 8.63. The molecule has 29 heavy (non-hydrogen) atoms. The molecule has 0 bridgehead atoms. The van der Waals surface area contributed by atoms with Crippen LogP contribution in [0, 0.1) is 5.82 Å². The zero-order valence-corrected chi connectivity index (χ0v) is 17.2. The number of methoxy groups -OCH3 is 1. The van der Waals surface area contributed by atoms with Gasteiger partial charge in [-0.2, -0.15) is 0 Å². The Morgan fingerprint density at radius 2 is 1.97 bits per heavy atom. The molecule has 2 aromatic rings. The molecule has 6 nitrogen and oxygen atoms in total. The van der Waals surface area contributed by atoms with Crippen molar-refractivity contribution in [1.82, 2.24) is 10.2 Å². The van der Waals surface area contributed by atoms with Gasteiger partial charge in [-0.1, -0.05) is 18.2 Å². The fraction of sp³-hybridized carbons (Fsp3) is 0.143. The van der Waals surface area contributed by atoms with Crippen molar-refractivity contribution in [1.29, 1.82) is 0 Å². The minimum absolute atomic E-state index is 0.130. The SMILES string of the molecule is C=CCN1C(=O)N/C(=C/c2cc(Br)c(OCc3ccc(F)cc3)c(OC)c2)C1=O. The molecule has 150 valence electrons. The van der Waals surface area contributed by atoms with Gasteiger partial charge in [0.05, 0.1) is 11.6 Å². The summed E-state index contributed by atoms with van der Waals surface area (Å²) in [5.41, 5.74) is 1.59. The Morgan fingerprint density at radius 1 is 1.24 bits per heavy atom. The monoisotopic (exact) mass is 460 g/mol. The molecular weight excluding hydrogens is 443 g/mol. The zero-order valence-electron chi connectivity index (χ0n) is 15.6. The second-order valence-electron chi connectivity index (χ2n) is 6.14. The van der Waals surface area contributed by atoms with E-state index >= 15 is 0 Å². The van der Waals surface area contributed by atoms with Crippen LogP contribution in [-0.4, -0.2) is 30.5 Å². The summed E-state index contributed by atoms with van der Waals surface area (Å²) < 4.78 is 24.9. The average molecular weight is 461 g/mol.